The second-order valence-corrected chi connectivity index (χ2v) is 6.91. The lowest BCUT2D eigenvalue weighted by molar-refractivity contribution is -0.118. The fourth-order valence-corrected chi connectivity index (χ4v) is 2.47. The van der Waals surface area contributed by atoms with Gasteiger partial charge in [0.25, 0.3) is 0 Å². The number of aromatic nitrogens is 1. The van der Waals surface area contributed by atoms with Gasteiger partial charge >= 0.3 is 5.97 Å². The number of Topliss-reactive ketones (excluding diaryl/α,β-unsaturated/α-hetero) is 2. The molecule has 1 N–H and O–H groups in total. The van der Waals surface area contributed by atoms with Crippen molar-refractivity contribution in [3.05, 3.63) is 53.3 Å². The maximum atomic E-state index is 12.5. The summed E-state index contributed by atoms with van der Waals surface area (Å²) in [7, 11) is 1.62. The van der Waals surface area contributed by atoms with Crippen molar-refractivity contribution in [1.82, 2.24) is 4.57 Å². The van der Waals surface area contributed by atoms with E-state index in [4.69, 9.17) is 4.74 Å². The molecule has 1 atom stereocenters. The lowest BCUT2D eigenvalue weighted by Gasteiger charge is -2.13. The quantitative estimate of drug-likeness (QED) is 0.584. The number of anilines is 1. The summed E-state index contributed by atoms with van der Waals surface area (Å²) in [6.45, 7) is 6.47. The average molecular weight is 384 g/mol. The van der Waals surface area contributed by atoms with Gasteiger partial charge in [0, 0.05) is 36.0 Å². The average Bonchev–Trinajstić information content (AvgIpc) is 3.03. The van der Waals surface area contributed by atoms with E-state index >= 15 is 0 Å². The SMILES string of the molecule is CC(=O)c1cc(C(=O)O[C@@H](C)C(=O)c2ccc(NC(=O)C(C)C)cc2)n(C)c1. The third-order valence-corrected chi connectivity index (χ3v) is 4.23. The predicted molar refractivity (Wildman–Crippen MR) is 105 cm³/mol. The van der Waals surface area contributed by atoms with Gasteiger partial charge in [0.2, 0.25) is 11.7 Å². The summed E-state index contributed by atoms with van der Waals surface area (Å²) in [4.78, 5) is 48.0. The summed E-state index contributed by atoms with van der Waals surface area (Å²) in [6, 6.07) is 7.82. The minimum absolute atomic E-state index is 0.117. The maximum absolute atomic E-state index is 12.5. The van der Waals surface area contributed by atoms with Crippen molar-refractivity contribution in [2.24, 2.45) is 13.0 Å². The molecule has 2 rings (SSSR count). The van der Waals surface area contributed by atoms with Crippen LogP contribution in [0.25, 0.3) is 0 Å². The Hall–Kier alpha value is -3.22. The molecule has 0 fully saturated rings. The van der Waals surface area contributed by atoms with Crippen molar-refractivity contribution in [1.29, 1.82) is 0 Å². The summed E-state index contributed by atoms with van der Waals surface area (Å²) >= 11 is 0. The molecule has 28 heavy (non-hydrogen) atoms. The van der Waals surface area contributed by atoms with Crippen LogP contribution in [0.1, 0.15) is 58.9 Å². The summed E-state index contributed by atoms with van der Waals surface area (Å²) < 4.78 is 6.75. The Morgan fingerprint density at radius 1 is 1.00 bits per heavy atom. The zero-order valence-corrected chi connectivity index (χ0v) is 16.6. The van der Waals surface area contributed by atoms with E-state index in [1.54, 1.807) is 45.2 Å². The Morgan fingerprint density at radius 3 is 2.11 bits per heavy atom. The number of amides is 1. The standard InChI is InChI=1S/C21H24N2O5/c1-12(2)20(26)22-17-8-6-15(7-9-17)19(25)14(4)28-21(27)18-10-16(13(3)24)11-23(18)5/h6-12,14H,1-5H3,(H,22,26)/t14-/m0/s1. The Kier molecular flexibility index (Phi) is 6.51. The minimum atomic E-state index is -1.00. The van der Waals surface area contributed by atoms with Crippen molar-refractivity contribution in [3.8, 4) is 0 Å². The first-order chi connectivity index (χ1) is 13.1. The number of carbonyl (C=O) groups excluding carboxylic acids is 4. The lowest BCUT2D eigenvalue weighted by atomic mass is 10.1. The van der Waals surface area contributed by atoms with E-state index in [1.807, 2.05) is 0 Å². The highest BCUT2D eigenvalue weighted by molar-refractivity contribution is 6.02. The van der Waals surface area contributed by atoms with E-state index < -0.39 is 12.1 Å². The van der Waals surface area contributed by atoms with Gasteiger partial charge in [-0.05, 0) is 44.2 Å². The molecule has 0 bridgehead atoms. The highest BCUT2D eigenvalue weighted by atomic mass is 16.5. The number of esters is 1. The number of nitrogens with zero attached hydrogens (tertiary/aromatic N) is 1. The van der Waals surface area contributed by atoms with E-state index in [1.165, 1.54) is 30.7 Å². The highest BCUT2D eigenvalue weighted by Crippen LogP contribution is 2.15. The van der Waals surface area contributed by atoms with E-state index in [0.29, 0.717) is 16.8 Å². The number of ketones is 2. The van der Waals surface area contributed by atoms with Crippen molar-refractivity contribution >= 4 is 29.1 Å². The van der Waals surface area contributed by atoms with Crippen LogP contribution in [0.5, 0.6) is 0 Å². The summed E-state index contributed by atoms with van der Waals surface area (Å²) in [5.74, 6) is -1.48. The van der Waals surface area contributed by atoms with Crippen molar-refractivity contribution in [3.63, 3.8) is 0 Å². The highest BCUT2D eigenvalue weighted by Gasteiger charge is 2.23. The zero-order chi connectivity index (χ0) is 21.0. The molecule has 7 heteroatoms. The fourth-order valence-electron chi connectivity index (χ4n) is 2.47. The fraction of sp³-hybridized carbons (Fsp3) is 0.333. The van der Waals surface area contributed by atoms with Gasteiger partial charge in [0.05, 0.1) is 0 Å². The minimum Gasteiger partial charge on any atom is -0.450 e. The van der Waals surface area contributed by atoms with Gasteiger partial charge in [-0.1, -0.05) is 13.8 Å². The Morgan fingerprint density at radius 2 is 1.61 bits per heavy atom. The van der Waals surface area contributed by atoms with Crippen molar-refractivity contribution in [2.45, 2.75) is 33.8 Å². The molecule has 0 aliphatic rings. The monoisotopic (exact) mass is 384 g/mol. The van der Waals surface area contributed by atoms with Crippen LogP contribution in [0.15, 0.2) is 36.5 Å². The van der Waals surface area contributed by atoms with E-state index in [0.717, 1.165) is 0 Å². The molecule has 1 aromatic heterocycles. The molecule has 148 valence electrons. The van der Waals surface area contributed by atoms with E-state index in [2.05, 4.69) is 5.32 Å². The number of nitrogens with one attached hydrogen (secondary N) is 1. The van der Waals surface area contributed by atoms with Crippen LogP contribution in [0.2, 0.25) is 0 Å². The van der Waals surface area contributed by atoms with Crippen molar-refractivity contribution < 1.29 is 23.9 Å². The van der Waals surface area contributed by atoms with Crippen LogP contribution >= 0.6 is 0 Å². The molecule has 0 saturated heterocycles. The molecule has 7 nitrogen and oxygen atoms in total. The Bertz CT molecular complexity index is 909. The number of benzene rings is 1. The second kappa shape index (κ2) is 8.65. The normalized spacial score (nSPS) is 11.8. The molecule has 1 aromatic carbocycles. The molecule has 0 spiro atoms. The number of hydrogen-bond acceptors (Lipinski definition) is 5. The maximum Gasteiger partial charge on any atom is 0.355 e. The van der Waals surface area contributed by atoms with Crippen LogP contribution in [0.3, 0.4) is 0 Å². The van der Waals surface area contributed by atoms with E-state index in [9.17, 15) is 19.2 Å². The zero-order valence-electron chi connectivity index (χ0n) is 16.6. The van der Waals surface area contributed by atoms with Crippen molar-refractivity contribution in [2.75, 3.05) is 5.32 Å². The second-order valence-electron chi connectivity index (χ2n) is 6.91. The largest absolute Gasteiger partial charge is 0.450 e. The molecule has 1 heterocycles. The first kappa shape index (κ1) is 21.1. The summed E-state index contributed by atoms with van der Waals surface area (Å²) in [6.07, 6.45) is 0.537. The van der Waals surface area contributed by atoms with Gasteiger partial charge in [-0.2, -0.15) is 0 Å². The predicted octanol–water partition coefficient (Wildman–Crippen LogP) is 3.25. The van der Waals surface area contributed by atoms with E-state index in [-0.39, 0.29) is 29.1 Å². The van der Waals surface area contributed by atoms with Crippen LogP contribution in [-0.2, 0) is 16.6 Å². The summed E-state index contributed by atoms with van der Waals surface area (Å²) in [5, 5.41) is 2.74. The van der Waals surface area contributed by atoms with Gasteiger partial charge in [0.15, 0.2) is 11.9 Å². The van der Waals surface area contributed by atoms with Crippen LogP contribution in [0, 0.1) is 5.92 Å². The van der Waals surface area contributed by atoms with Gasteiger partial charge in [-0.3, -0.25) is 14.4 Å². The van der Waals surface area contributed by atoms with Crippen LogP contribution in [0.4, 0.5) is 5.69 Å². The number of carbonyl (C=O) groups is 4. The third-order valence-electron chi connectivity index (χ3n) is 4.23. The van der Waals surface area contributed by atoms with Gasteiger partial charge in [0.1, 0.15) is 5.69 Å². The molecule has 0 aliphatic heterocycles. The molecular formula is C21H24N2O5. The number of rotatable bonds is 7. The van der Waals surface area contributed by atoms with Gasteiger partial charge in [-0.15, -0.1) is 0 Å². The number of hydrogen-bond donors (Lipinski definition) is 1. The Labute approximate surface area is 163 Å². The third kappa shape index (κ3) is 4.94. The first-order valence-corrected chi connectivity index (χ1v) is 8.93. The topological polar surface area (TPSA) is 94.5 Å². The molecule has 0 saturated carbocycles. The molecule has 0 aliphatic carbocycles. The summed E-state index contributed by atoms with van der Waals surface area (Å²) in [5.41, 5.74) is 1.53. The van der Waals surface area contributed by atoms with Crippen LogP contribution in [-0.4, -0.2) is 34.1 Å². The number of ether oxygens (including phenoxy) is 1. The van der Waals surface area contributed by atoms with Crippen LogP contribution < -0.4 is 5.32 Å². The Balaban J connectivity index is 2.05. The van der Waals surface area contributed by atoms with Gasteiger partial charge < -0.3 is 14.6 Å². The molecular weight excluding hydrogens is 360 g/mol. The first-order valence-electron chi connectivity index (χ1n) is 8.93. The van der Waals surface area contributed by atoms with Gasteiger partial charge in [-0.25, -0.2) is 4.79 Å². The molecule has 2 aromatic rings. The molecule has 1 amide bonds. The number of aryl methyl sites for hydroxylation is 1. The molecule has 0 unspecified atom stereocenters. The lowest BCUT2D eigenvalue weighted by Crippen LogP contribution is -2.25. The smallest absolute Gasteiger partial charge is 0.355 e. The molecule has 0 radical (unpaired) electrons.